The highest BCUT2D eigenvalue weighted by Gasteiger charge is 2.27. The van der Waals surface area contributed by atoms with E-state index >= 15 is 0 Å². The van der Waals surface area contributed by atoms with Crippen molar-refractivity contribution in [3.8, 4) is 0 Å². The summed E-state index contributed by atoms with van der Waals surface area (Å²) >= 11 is 1.05. The van der Waals surface area contributed by atoms with Crippen molar-refractivity contribution >= 4 is 23.5 Å². The van der Waals surface area contributed by atoms with Crippen molar-refractivity contribution in [2.45, 2.75) is 31.7 Å². The summed E-state index contributed by atoms with van der Waals surface area (Å²) in [6, 6.07) is -0.0394. The number of carbonyl (C=O) groups excluding carboxylic acids is 2. The first-order valence-corrected chi connectivity index (χ1v) is 8.55. The quantitative estimate of drug-likeness (QED) is 0.830. The number of rotatable bonds is 4. The molecule has 3 heterocycles. The van der Waals surface area contributed by atoms with Crippen LogP contribution in [0.3, 0.4) is 0 Å². The molecule has 1 aromatic rings. The topological polar surface area (TPSA) is 87.2 Å². The van der Waals surface area contributed by atoms with Crippen LogP contribution in [-0.4, -0.2) is 57.7 Å². The molecule has 22 heavy (non-hydrogen) atoms. The number of nitrogens with one attached hydrogen (secondary N) is 2. The summed E-state index contributed by atoms with van der Waals surface area (Å²) in [6.45, 7) is 2.99. The van der Waals surface area contributed by atoms with E-state index in [4.69, 9.17) is 0 Å². The molecule has 1 aromatic heterocycles. The number of aromatic nitrogens is 2. The van der Waals surface area contributed by atoms with Crippen LogP contribution in [0.25, 0.3) is 0 Å². The predicted octanol–water partition coefficient (Wildman–Crippen LogP) is 0.258. The van der Waals surface area contributed by atoms with Crippen LogP contribution in [0, 0.1) is 5.92 Å². The van der Waals surface area contributed by atoms with Gasteiger partial charge in [0.05, 0.1) is 24.0 Å². The van der Waals surface area contributed by atoms with Crippen LogP contribution >= 0.6 is 11.7 Å². The first-order valence-electron chi connectivity index (χ1n) is 7.82. The summed E-state index contributed by atoms with van der Waals surface area (Å²) in [5.41, 5.74) is 0.421. The molecule has 2 saturated heterocycles. The highest BCUT2D eigenvalue weighted by Crippen LogP contribution is 2.18. The van der Waals surface area contributed by atoms with Crippen molar-refractivity contribution in [1.29, 1.82) is 0 Å². The van der Waals surface area contributed by atoms with E-state index in [9.17, 15) is 9.59 Å². The van der Waals surface area contributed by atoms with Crippen molar-refractivity contribution in [3.05, 3.63) is 11.9 Å². The normalized spacial score (nSPS) is 25.2. The molecule has 3 rings (SSSR count). The van der Waals surface area contributed by atoms with Crippen LogP contribution < -0.4 is 10.6 Å². The third-order valence-electron chi connectivity index (χ3n) is 4.33. The van der Waals surface area contributed by atoms with Crippen LogP contribution in [0.1, 0.15) is 36.2 Å². The molecule has 0 bridgehead atoms. The third-order valence-corrected chi connectivity index (χ3v) is 4.81. The molecular weight excluding hydrogens is 302 g/mol. The minimum atomic E-state index is -0.0535. The van der Waals surface area contributed by atoms with E-state index in [-0.39, 0.29) is 17.9 Å². The lowest BCUT2D eigenvalue weighted by Gasteiger charge is -2.32. The molecule has 2 atom stereocenters. The lowest BCUT2D eigenvalue weighted by Crippen LogP contribution is -2.46. The van der Waals surface area contributed by atoms with Gasteiger partial charge in [0, 0.05) is 19.6 Å². The summed E-state index contributed by atoms with van der Waals surface area (Å²) in [4.78, 5) is 26.1. The molecule has 2 aliphatic heterocycles. The summed E-state index contributed by atoms with van der Waals surface area (Å²) < 4.78 is 7.88. The van der Waals surface area contributed by atoms with E-state index in [0.29, 0.717) is 24.7 Å². The van der Waals surface area contributed by atoms with Gasteiger partial charge in [0.2, 0.25) is 5.91 Å². The molecule has 2 aliphatic rings. The number of nitrogens with zero attached hydrogens (tertiary/aromatic N) is 3. The van der Waals surface area contributed by atoms with Crippen LogP contribution in [0.2, 0.25) is 0 Å². The molecule has 2 unspecified atom stereocenters. The van der Waals surface area contributed by atoms with Gasteiger partial charge in [-0.1, -0.05) is 0 Å². The van der Waals surface area contributed by atoms with Gasteiger partial charge in [0.25, 0.3) is 5.91 Å². The molecule has 0 saturated carbocycles. The van der Waals surface area contributed by atoms with E-state index in [2.05, 4.69) is 19.4 Å². The Bertz CT molecular complexity index is 515. The molecule has 0 aromatic carbocycles. The lowest BCUT2D eigenvalue weighted by atomic mass is 9.97. The molecule has 0 radical (unpaired) electrons. The van der Waals surface area contributed by atoms with Gasteiger partial charge in [-0.15, -0.1) is 0 Å². The number of likely N-dealkylation sites (tertiary alicyclic amines) is 1. The second-order valence-corrected chi connectivity index (χ2v) is 6.50. The number of carbonyl (C=O) groups is 2. The van der Waals surface area contributed by atoms with Gasteiger partial charge < -0.3 is 15.5 Å². The lowest BCUT2D eigenvalue weighted by molar-refractivity contribution is -0.123. The van der Waals surface area contributed by atoms with Crippen molar-refractivity contribution in [3.63, 3.8) is 0 Å². The van der Waals surface area contributed by atoms with Crippen LogP contribution in [0.15, 0.2) is 6.20 Å². The zero-order valence-corrected chi connectivity index (χ0v) is 13.3. The Hall–Kier alpha value is -1.54. The van der Waals surface area contributed by atoms with E-state index < -0.39 is 0 Å². The minimum absolute atomic E-state index is 0.0394. The van der Waals surface area contributed by atoms with E-state index in [1.54, 1.807) is 0 Å². The Morgan fingerprint density at radius 3 is 3.05 bits per heavy atom. The second kappa shape index (κ2) is 7.15. The average Bonchev–Trinajstić information content (AvgIpc) is 3.25. The third kappa shape index (κ3) is 3.61. The Balaban J connectivity index is 1.48. The zero-order valence-electron chi connectivity index (χ0n) is 12.5. The smallest absolute Gasteiger partial charge is 0.275 e. The van der Waals surface area contributed by atoms with Crippen molar-refractivity contribution < 1.29 is 9.59 Å². The highest BCUT2D eigenvalue weighted by atomic mass is 32.1. The summed E-state index contributed by atoms with van der Waals surface area (Å²) in [7, 11) is 0. The fourth-order valence-corrected chi connectivity index (χ4v) is 3.52. The van der Waals surface area contributed by atoms with Gasteiger partial charge >= 0.3 is 0 Å². The standard InChI is InChI=1S/C14H21N5O2S/c20-13(11-4-1-5-15-11)16-7-10-3-2-6-19(9-10)14(21)12-8-17-22-18-12/h8,10-11,15H,1-7,9H2,(H,16,20). The maximum Gasteiger partial charge on any atom is 0.275 e. The largest absolute Gasteiger partial charge is 0.354 e. The maximum absolute atomic E-state index is 12.3. The van der Waals surface area contributed by atoms with E-state index in [1.165, 1.54) is 6.20 Å². The van der Waals surface area contributed by atoms with Crippen LogP contribution in [0.5, 0.6) is 0 Å². The van der Waals surface area contributed by atoms with Gasteiger partial charge in [0.15, 0.2) is 5.69 Å². The number of amides is 2. The summed E-state index contributed by atoms with van der Waals surface area (Å²) in [5, 5.41) is 6.22. The van der Waals surface area contributed by atoms with E-state index in [1.807, 2.05) is 4.90 Å². The van der Waals surface area contributed by atoms with Gasteiger partial charge in [-0.2, -0.15) is 8.75 Å². The number of hydrogen-bond acceptors (Lipinski definition) is 6. The molecule has 0 aliphatic carbocycles. The maximum atomic E-state index is 12.3. The summed E-state index contributed by atoms with van der Waals surface area (Å²) in [5.74, 6) is 0.349. The SMILES string of the molecule is O=C(NCC1CCCN(C(=O)c2cnsn2)C1)C1CCCN1. The predicted molar refractivity (Wildman–Crippen MR) is 82.6 cm³/mol. The number of hydrogen-bond donors (Lipinski definition) is 2. The second-order valence-electron chi connectivity index (χ2n) is 5.95. The molecule has 120 valence electrons. The molecular formula is C14H21N5O2S. The van der Waals surface area contributed by atoms with Crippen molar-refractivity contribution in [1.82, 2.24) is 24.3 Å². The number of piperidine rings is 1. The van der Waals surface area contributed by atoms with E-state index in [0.717, 1.165) is 50.5 Å². The molecule has 2 amide bonds. The average molecular weight is 323 g/mol. The molecule has 2 N–H and O–H groups in total. The Labute approximate surface area is 133 Å². The Morgan fingerprint density at radius 1 is 1.41 bits per heavy atom. The van der Waals surface area contributed by atoms with Crippen molar-refractivity contribution in [2.24, 2.45) is 5.92 Å². The highest BCUT2D eigenvalue weighted by molar-refractivity contribution is 6.99. The monoisotopic (exact) mass is 323 g/mol. The van der Waals surface area contributed by atoms with Crippen LogP contribution in [-0.2, 0) is 4.79 Å². The van der Waals surface area contributed by atoms with Gasteiger partial charge in [-0.3, -0.25) is 9.59 Å². The van der Waals surface area contributed by atoms with Crippen molar-refractivity contribution in [2.75, 3.05) is 26.2 Å². The Morgan fingerprint density at radius 2 is 2.32 bits per heavy atom. The fraction of sp³-hybridized carbons (Fsp3) is 0.714. The first-order chi connectivity index (χ1) is 10.7. The van der Waals surface area contributed by atoms with Gasteiger partial charge in [-0.05, 0) is 38.1 Å². The first kappa shape index (κ1) is 15.4. The minimum Gasteiger partial charge on any atom is -0.354 e. The molecule has 7 nitrogen and oxygen atoms in total. The molecule has 2 fully saturated rings. The molecule has 0 spiro atoms. The van der Waals surface area contributed by atoms with Crippen LogP contribution in [0.4, 0.5) is 0 Å². The van der Waals surface area contributed by atoms with Gasteiger partial charge in [0.1, 0.15) is 0 Å². The zero-order chi connectivity index (χ0) is 15.4. The van der Waals surface area contributed by atoms with Gasteiger partial charge in [-0.25, -0.2) is 0 Å². The Kier molecular flexibility index (Phi) is 4.99. The molecule has 8 heteroatoms. The summed E-state index contributed by atoms with van der Waals surface area (Å²) in [6.07, 6.45) is 5.50. The fourth-order valence-electron chi connectivity index (χ4n) is 3.11.